The van der Waals surface area contributed by atoms with E-state index in [1.807, 2.05) is 6.92 Å². The van der Waals surface area contributed by atoms with Crippen LogP contribution in [0, 0.1) is 6.92 Å². The lowest BCUT2D eigenvalue weighted by molar-refractivity contribution is -0.130. The third-order valence-corrected chi connectivity index (χ3v) is 6.91. The molecule has 8 nitrogen and oxygen atoms in total. The zero-order chi connectivity index (χ0) is 20.3. The third kappa shape index (κ3) is 4.36. The fourth-order valence-corrected chi connectivity index (χ4v) is 4.94. The van der Waals surface area contributed by atoms with Gasteiger partial charge in [0.1, 0.15) is 6.04 Å². The summed E-state index contributed by atoms with van der Waals surface area (Å²) in [7, 11) is -3.99. The van der Waals surface area contributed by atoms with Crippen LogP contribution in [0.1, 0.15) is 37.7 Å². The smallest absolute Gasteiger partial charge is 0.264 e. The minimum absolute atomic E-state index is 0.0468. The highest BCUT2D eigenvalue weighted by Crippen LogP contribution is 2.23. The molecule has 2 amide bonds. The monoisotopic (exact) mass is 407 g/mol. The van der Waals surface area contributed by atoms with Crippen molar-refractivity contribution in [1.82, 2.24) is 14.9 Å². The van der Waals surface area contributed by atoms with Crippen LogP contribution in [-0.2, 0) is 19.6 Å². The van der Waals surface area contributed by atoms with Gasteiger partial charge in [0, 0.05) is 12.4 Å². The minimum Gasteiger partial charge on any atom is -0.391 e. The molecule has 1 heterocycles. The molecule has 3 N–H and O–H groups in total. The Morgan fingerprint density at radius 3 is 2.61 bits per heavy atom. The van der Waals surface area contributed by atoms with Crippen molar-refractivity contribution in [2.75, 3.05) is 0 Å². The Kier molecular flexibility index (Phi) is 6.04. The summed E-state index contributed by atoms with van der Waals surface area (Å²) in [5.74, 6) is -1.04. The standard InChI is InChI=1S/C19H25N3O5S/c1-13-6-8-14(9-7-13)28(26,27)22-11-10-20-19(25)16(22)12-18(24)21-15-4-2-3-5-17(15)23/h6-11,15-17,23H,2-5,12H2,1H3,(H,20,25)(H,21,24)/t15-,16+,17-/m0/s1. The van der Waals surface area contributed by atoms with Gasteiger partial charge in [-0.15, -0.1) is 0 Å². The minimum atomic E-state index is -3.99. The molecule has 2 aliphatic rings. The maximum absolute atomic E-state index is 13.0. The van der Waals surface area contributed by atoms with Crippen LogP contribution in [0.3, 0.4) is 0 Å². The Bertz CT molecular complexity index is 866. The summed E-state index contributed by atoms with van der Waals surface area (Å²) in [6.45, 7) is 1.84. The molecule has 3 rings (SSSR count). The van der Waals surface area contributed by atoms with E-state index in [0.29, 0.717) is 12.8 Å². The van der Waals surface area contributed by atoms with E-state index in [1.165, 1.54) is 24.5 Å². The van der Waals surface area contributed by atoms with Gasteiger partial charge in [-0.3, -0.25) is 13.9 Å². The van der Waals surface area contributed by atoms with Crippen molar-refractivity contribution < 1.29 is 23.1 Å². The Morgan fingerprint density at radius 1 is 1.25 bits per heavy atom. The van der Waals surface area contributed by atoms with Crippen molar-refractivity contribution in [2.24, 2.45) is 0 Å². The molecule has 1 aromatic carbocycles. The Balaban J connectivity index is 1.77. The summed E-state index contributed by atoms with van der Waals surface area (Å²) in [4.78, 5) is 24.9. The fraction of sp³-hybridized carbons (Fsp3) is 0.474. The van der Waals surface area contributed by atoms with Crippen LogP contribution < -0.4 is 10.6 Å². The van der Waals surface area contributed by atoms with Crippen molar-refractivity contribution in [2.45, 2.75) is 62.1 Å². The number of rotatable bonds is 5. The topological polar surface area (TPSA) is 116 Å². The number of aliphatic hydroxyl groups excluding tert-OH is 1. The highest BCUT2D eigenvalue weighted by atomic mass is 32.2. The quantitative estimate of drug-likeness (QED) is 0.667. The summed E-state index contributed by atoms with van der Waals surface area (Å²) < 4.78 is 26.9. The van der Waals surface area contributed by atoms with Gasteiger partial charge in [-0.1, -0.05) is 30.5 Å². The predicted octanol–water partition coefficient (Wildman–Crippen LogP) is 0.765. The number of amides is 2. The molecule has 0 aromatic heterocycles. The van der Waals surface area contributed by atoms with Crippen molar-refractivity contribution in [3.8, 4) is 0 Å². The van der Waals surface area contributed by atoms with E-state index in [4.69, 9.17) is 0 Å². The summed E-state index contributed by atoms with van der Waals surface area (Å²) in [5, 5.41) is 15.2. The maximum atomic E-state index is 13.0. The van der Waals surface area contributed by atoms with Crippen molar-refractivity contribution in [3.05, 3.63) is 42.2 Å². The third-order valence-electron chi connectivity index (χ3n) is 5.11. The van der Waals surface area contributed by atoms with Crippen molar-refractivity contribution in [3.63, 3.8) is 0 Å². The molecule has 28 heavy (non-hydrogen) atoms. The largest absolute Gasteiger partial charge is 0.391 e. The predicted molar refractivity (Wildman–Crippen MR) is 102 cm³/mol. The number of nitrogens with zero attached hydrogens (tertiary/aromatic N) is 1. The first-order valence-corrected chi connectivity index (χ1v) is 10.8. The molecule has 1 aliphatic carbocycles. The van der Waals surface area contributed by atoms with E-state index in [2.05, 4.69) is 10.6 Å². The first-order chi connectivity index (χ1) is 13.3. The lowest BCUT2D eigenvalue weighted by Gasteiger charge is -2.32. The highest BCUT2D eigenvalue weighted by Gasteiger charge is 2.37. The van der Waals surface area contributed by atoms with Gasteiger partial charge >= 0.3 is 0 Å². The van der Waals surface area contributed by atoms with Crippen molar-refractivity contribution in [1.29, 1.82) is 0 Å². The van der Waals surface area contributed by atoms with E-state index < -0.39 is 34.0 Å². The number of nitrogens with one attached hydrogen (secondary N) is 2. The SMILES string of the molecule is Cc1ccc(S(=O)(=O)N2C=CNC(=O)[C@H]2CC(=O)N[C@H]2CCCC[C@@H]2O)cc1. The molecule has 0 bridgehead atoms. The molecule has 1 fully saturated rings. The number of carbonyl (C=O) groups excluding carboxylic acids is 2. The molecule has 0 spiro atoms. The van der Waals surface area contributed by atoms with E-state index in [-0.39, 0.29) is 17.4 Å². The number of benzene rings is 1. The molecular weight excluding hydrogens is 382 g/mol. The molecule has 1 saturated carbocycles. The number of carbonyl (C=O) groups is 2. The van der Waals surface area contributed by atoms with Gasteiger partial charge < -0.3 is 15.7 Å². The number of aryl methyl sites for hydroxylation is 1. The van der Waals surface area contributed by atoms with Crippen LogP contribution in [0.15, 0.2) is 41.6 Å². The van der Waals surface area contributed by atoms with Crippen LogP contribution in [0.2, 0.25) is 0 Å². The highest BCUT2D eigenvalue weighted by molar-refractivity contribution is 7.89. The van der Waals surface area contributed by atoms with Gasteiger partial charge in [0.05, 0.1) is 23.5 Å². The summed E-state index contributed by atoms with van der Waals surface area (Å²) >= 11 is 0. The zero-order valence-corrected chi connectivity index (χ0v) is 16.5. The summed E-state index contributed by atoms with van der Waals surface area (Å²) in [6, 6.07) is 4.73. The Morgan fingerprint density at radius 2 is 1.93 bits per heavy atom. The normalized spacial score (nSPS) is 25.3. The van der Waals surface area contributed by atoms with Gasteiger partial charge in [-0.05, 0) is 31.9 Å². The molecule has 0 radical (unpaired) electrons. The number of sulfonamides is 1. The van der Waals surface area contributed by atoms with E-state index in [0.717, 1.165) is 22.7 Å². The number of aliphatic hydroxyl groups is 1. The van der Waals surface area contributed by atoms with E-state index in [1.54, 1.807) is 12.1 Å². The molecule has 0 unspecified atom stereocenters. The Labute approximate surface area is 164 Å². The molecule has 3 atom stereocenters. The second-order valence-electron chi connectivity index (χ2n) is 7.22. The van der Waals surface area contributed by atoms with E-state index in [9.17, 15) is 23.1 Å². The first kappa shape index (κ1) is 20.3. The first-order valence-electron chi connectivity index (χ1n) is 9.34. The lowest BCUT2D eigenvalue weighted by atomic mass is 9.92. The van der Waals surface area contributed by atoms with E-state index >= 15 is 0 Å². The molecule has 1 aliphatic heterocycles. The summed E-state index contributed by atoms with van der Waals surface area (Å²) in [5.41, 5.74) is 0.910. The summed E-state index contributed by atoms with van der Waals surface area (Å²) in [6.07, 6.45) is 4.64. The zero-order valence-electron chi connectivity index (χ0n) is 15.7. The maximum Gasteiger partial charge on any atom is 0.264 e. The van der Waals surface area contributed by atoms with Crippen molar-refractivity contribution >= 4 is 21.8 Å². The second kappa shape index (κ2) is 8.32. The molecule has 152 valence electrons. The van der Waals surface area contributed by atoms with Crippen LogP contribution in [0.4, 0.5) is 0 Å². The van der Waals surface area contributed by atoms with Crippen LogP contribution in [0.5, 0.6) is 0 Å². The van der Waals surface area contributed by atoms with Crippen LogP contribution in [0.25, 0.3) is 0 Å². The second-order valence-corrected chi connectivity index (χ2v) is 9.06. The number of hydrogen-bond donors (Lipinski definition) is 3. The lowest BCUT2D eigenvalue weighted by Crippen LogP contribution is -2.52. The molecular formula is C19H25N3O5S. The average molecular weight is 407 g/mol. The molecule has 1 aromatic rings. The molecule has 0 saturated heterocycles. The van der Waals surface area contributed by atoms with Gasteiger partial charge in [-0.25, -0.2) is 8.42 Å². The Hall–Kier alpha value is -2.39. The van der Waals surface area contributed by atoms with Gasteiger partial charge in [0.2, 0.25) is 11.8 Å². The number of hydrogen-bond acceptors (Lipinski definition) is 5. The van der Waals surface area contributed by atoms with Crippen LogP contribution >= 0.6 is 0 Å². The van der Waals surface area contributed by atoms with Gasteiger partial charge in [0.25, 0.3) is 10.0 Å². The fourth-order valence-electron chi connectivity index (χ4n) is 3.49. The van der Waals surface area contributed by atoms with Gasteiger partial charge in [0.15, 0.2) is 0 Å². The van der Waals surface area contributed by atoms with Crippen LogP contribution in [-0.4, -0.2) is 47.8 Å². The van der Waals surface area contributed by atoms with Gasteiger partial charge in [-0.2, -0.15) is 0 Å². The average Bonchev–Trinajstić information content (AvgIpc) is 2.65. The molecule has 9 heteroatoms.